The van der Waals surface area contributed by atoms with Crippen molar-refractivity contribution in [2.75, 3.05) is 0 Å². The molecule has 0 bridgehead atoms. The fraction of sp³-hybridized carbons (Fsp3) is 0.714. The summed E-state index contributed by atoms with van der Waals surface area (Å²) in [4.78, 5) is 26.3. The Labute approximate surface area is 123 Å². The van der Waals surface area contributed by atoms with E-state index in [1.54, 1.807) is 4.68 Å². The highest BCUT2D eigenvalue weighted by atomic mass is 16.2. The number of aryl methyl sites for hydroxylation is 2. The monoisotopic (exact) mass is 291 g/mol. The number of aromatic nitrogens is 3. The summed E-state index contributed by atoms with van der Waals surface area (Å²) in [6, 6.07) is -0.287. The molecule has 1 saturated heterocycles. The third-order valence-electron chi connectivity index (χ3n) is 4.59. The summed E-state index contributed by atoms with van der Waals surface area (Å²) in [5.74, 6) is -0.0875. The fourth-order valence-electron chi connectivity index (χ4n) is 3.33. The van der Waals surface area contributed by atoms with Gasteiger partial charge in [0.15, 0.2) is 0 Å². The van der Waals surface area contributed by atoms with Crippen molar-refractivity contribution in [1.29, 1.82) is 0 Å². The molecule has 0 unspecified atom stereocenters. The Morgan fingerprint density at radius 1 is 1.24 bits per heavy atom. The van der Waals surface area contributed by atoms with Crippen molar-refractivity contribution < 1.29 is 9.59 Å². The maximum atomic E-state index is 12.7. The van der Waals surface area contributed by atoms with E-state index in [1.165, 1.54) is 4.90 Å². The second-order valence-corrected chi connectivity index (χ2v) is 5.90. The van der Waals surface area contributed by atoms with E-state index >= 15 is 0 Å². The topological polar surface area (TPSA) is 80.1 Å². The molecule has 3 amide bonds. The Hall–Kier alpha value is -1.92. The summed E-state index contributed by atoms with van der Waals surface area (Å²) in [5.41, 5.74) is 0.934. The minimum Gasteiger partial charge on any atom is -0.323 e. The molecule has 1 aromatic heterocycles. The minimum atomic E-state index is -0.659. The average molecular weight is 291 g/mol. The van der Waals surface area contributed by atoms with Gasteiger partial charge in [-0.05, 0) is 26.7 Å². The predicted molar refractivity (Wildman–Crippen MR) is 75.3 cm³/mol. The van der Waals surface area contributed by atoms with Crippen LogP contribution in [0.5, 0.6) is 0 Å². The standard InChI is InChI=1S/C14H21N5O2/c1-3-19-11(10(2)16-17-19)9-18-12(20)14(15-13(18)21)7-5-4-6-8-14/h3-9H2,1-2H3,(H,15,21). The first-order valence-corrected chi connectivity index (χ1v) is 7.60. The van der Waals surface area contributed by atoms with Gasteiger partial charge in [0.1, 0.15) is 5.54 Å². The van der Waals surface area contributed by atoms with Gasteiger partial charge in [0.05, 0.1) is 17.9 Å². The molecule has 7 heteroatoms. The van der Waals surface area contributed by atoms with E-state index in [9.17, 15) is 9.59 Å². The molecule has 0 aromatic carbocycles. The number of amides is 3. The highest BCUT2D eigenvalue weighted by Gasteiger charge is 2.51. The summed E-state index contributed by atoms with van der Waals surface area (Å²) >= 11 is 0. The quantitative estimate of drug-likeness (QED) is 0.853. The Bertz CT molecular complexity index is 574. The molecule has 1 N–H and O–H groups in total. The molecule has 0 atom stereocenters. The highest BCUT2D eigenvalue weighted by Crippen LogP contribution is 2.34. The Morgan fingerprint density at radius 2 is 1.95 bits per heavy atom. The molecule has 2 fully saturated rings. The average Bonchev–Trinajstić information content (AvgIpc) is 2.94. The number of nitrogens with one attached hydrogen (secondary N) is 1. The molecule has 1 aromatic rings. The third kappa shape index (κ3) is 2.20. The summed E-state index contributed by atoms with van der Waals surface area (Å²) in [5, 5.41) is 11.0. The maximum Gasteiger partial charge on any atom is 0.325 e. The van der Waals surface area contributed by atoms with Crippen LogP contribution in [0.1, 0.15) is 50.4 Å². The third-order valence-corrected chi connectivity index (χ3v) is 4.59. The molecule has 3 rings (SSSR count). The van der Waals surface area contributed by atoms with Gasteiger partial charge in [-0.3, -0.25) is 9.69 Å². The van der Waals surface area contributed by atoms with Gasteiger partial charge in [-0.1, -0.05) is 24.5 Å². The van der Waals surface area contributed by atoms with Gasteiger partial charge in [0.2, 0.25) is 0 Å². The van der Waals surface area contributed by atoms with Gasteiger partial charge in [0.25, 0.3) is 5.91 Å². The molecule has 2 heterocycles. The van der Waals surface area contributed by atoms with Crippen LogP contribution < -0.4 is 5.32 Å². The number of imide groups is 1. The van der Waals surface area contributed by atoms with Crippen LogP contribution in [-0.2, 0) is 17.9 Å². The summed E-state index contributed by atoms with van der Waals surface area (Å²) in [6.07, 6.45) is 4.62. The molecule has 21 heavy (non-hydrogen) atoms. The second kappa shape index (κ2) is 5.13. The summed E-state index contributed by atoms with van der Waals surface area (Å²) < 4.78 is 1.74. The summed E-state index contributed by atoms with van der Waals surface area (Å²) in [6.45, 7) is 4.74. The number of hydrogen-bond donors (Lipinski definition) is 1. The lowest BCUT2D eigenvalue weighted by molar-refractivity contribution is -0.132. The summed E-state index contributed by atoms with van der Waals surface area (Å²) in [7, 11) is 0. The van der Waals surface area contributed by atoms with E-state index in [0.29, 0.717) is 6.54 Å². The van der Waals surface area contributed by atoms with Gasteiger partial charge in [0, 0.05) is 6.54 Å². The number of urea groups is 1. The molecule has 0 radical (unpaired) electrons. The number of carbonyl (C=O) groups is 2. The first kappa shape index (κ1) is 14.0. The van der Waals surface area contributed by atoms with Crippen LogP contribution in [0.3, 0.4) is 0 Å². The van der Waals surface area contributed by atoms with E-state index in [2.05, 4.69) is 15.6 Å². The first-order valence-electron chi connectivity index (χ1n) is 7.60. The lowest BCUT2D eigenvalue weighted by atomic mass is 9.82. The van der Waals surface area contributed by atoms with Crippen LogP contribution in [0.15, 0.2) is 0 Å². The first-order chi connectivity index (χ1) is 10.1. The lowest BCUT2D eigenvalue weighted by Crippen LogP contribution is -2.48. The number of rotatable bonds is 3. The van der Waals surface area contributed by atoms with Crippen molar-refractivity contribution in [3.63, 3.8) is 0 Å². The van der Waals surface area contributed by atoms with Crippen molar-refractivity contribution in [3.8, 4) is 0 Å². The molecular weight excluding hydrogens is 270 g/mol. The Morgan fingerprint density at radius 3 is 2.62 bits per heavy atom. The number of nitrogens with zero attached hydrogens (tertiary/aromatic N) is 4. The molecule has 1 aliphatic carbocycles. The fourth-order valence-corrected chi connectivity index (χ4v) is 3.33. The van der Waals surface area contributed by atoms with Crippen molar-refractivity contribution >= 4 is 11.9 Å². The molecule has 1 aliphatic heterocycles. The minimum absolute atomic E-state index is 0.0875. The molecule has 114 valence electrons. The number of carbonyl (C=O) groups excluding carboxylic acids is 2. The lowest BCUT2D eigenvalue weighted by Gasteiger charge is -2.30. The Kier molecular flexibility index (Phi) is 3.43. The molecule has 2 aliphatic rings. The van der Waals surface area contributed by atoms with E-state index in [1.807, 2.05) is 13.8 Å². The zero-order valence-electron chi connectivity index (χ0n) is 12.6. The van der Waals surface area contributed by atoms with Crippen LogP contribution in [0.2, 0.25) is 0 Å². The van der Waals surface area contributed by atoms with Crippen LogP contribution in [0.25, 0.3) is 0 Å². The smallest absolute Gasteiger partial charge is 0.323 e. The van der Waals surface area contributed by atoms with Gasteiger partial charge in [-0.2, -0.15) is 0 Å². The van der Waals surface area contributed by atoms with E-state index < -0.39 is 5.54 Å². The van der Waals surface area contributed by atoms with Crippen molar-refractivity contribution in [2.45, 2.75) is 64.6 Å². The Balaban J connectivity index is 1.84. The molecule has 1 saturated carbocycles. The van der Waals surface area contributed by atoms with Crippen molar-refractivity contribution in [2.24, 2.45) is 0 Å². The van der Waals surface area contributed by atoms with Gasteiger partial charge in [-0.15, -0.1) is 5.10 Å². The zero-order valence-corrected chi connectivity index (χ0v) is 12.6. The normalized spacial score (nSPS) is 21.1. The number of hydrogen-bond acceptors (Lipinski definition) is 4. The predicted octanol–water partition coefficient (Wildman–Crippen LogP) is 1.36. The molecule has 7 nitrogen and oxygen atoms in total. The van der Waals surface area contributed by atoms with Crippen molar-refractivity contribution in [3.05, 3.63) is 11.4 Å². The van der Waals surface area contributed by atoms with Gasteiger partial charge >= 0.3 is 6.03 Å². The van der Waals surface area contributed by atoms with Crippen LogP contribution >= 0.6 is 0 Å². The molecular formula is C14H21N5O2. The maximum absolute atomic E-state index is 12.7. The van der Waals surface area contributed by atoms with Crippen LogP contribution in [0, 0.1) is 6.92 Å². The van der Waals surface area contributed by atoms with E-state index in [0.717, 1.165) is 43.5 Å². The van der Waals surface area contributed by atoms with Gasteiger partial charge < -0.3 is 5.32 Å². The SMILES string of the molecule is CCn1nnc(C)c1CN1C(=O)NC2(CCCCC2)C1=O. The van der Waals surface area contributed by atoms with Crippen LogP contribution in [-0.4, -0.2) is 37.4 Å². The van der Waals surface area contributed by atoms with Gasteiger partial charge in [-0.25, -0.2) is 9.48 Å². The zero-order chi connectivity index (χ0) is 15.0. The molecule has 1 spiro atoms. The van der Waals surface area contributed by atoms with E-state index in [-0.39, 0.29) is 18.5 Å². The largest absolute Gasteiger partial charge is 0.325 e. The highest BCUT2D eigenvalue weighted by molar-refractivity contribution is 6.07. The van der Waals surface area contributed by atoms with E-state index in [4.69, 9.17) is 0 Å². The van der Waals surface area contributed by atoms with Crippen LogP contribution in [0.4, 0.5) is 4.79 Å². The second-order valence-electron chi connectivity index (χ2n) is 5.90. The van der Waals surface area contributed by atoms with Crippen molar-refractivity contribution in [1.82, 2.24) is 25.2 Å².